The molecule has 0 bridgehead atoms. The number of fused-ring (bicyclic) bond motifs is 19. The number of para-hydroxylation sites is 4. The largest absolute Gasteiger partial charge is 0.456 e. The number of allylic oxidation sites excluding steroid dienone is 1. The Morgan fingerprint density at radius 1 is 0.255 bits per heavy atom. The number of hydrogen-bond donors (Lipinski definition) is 1. The smallest absolute Gasteiger partial charge is 0.160 e. The van der Waals surface area contributed by atoms with Crippen molar-refractivity contribution in [2.24, 2.45) is 4.99 Å². The standard InChI is InChI=1S/C104H66N4O2/c1-3-25-65(26-4-1)67-51-54-69(55-52-67)94-64-96(108-102(106-94)76-34-22-32-72(61-76)78-40-23-47-90-99(78)109-97-49-19-17-45-88(97)103(90)85-42-14-11-36-80(85)81-37-12-15-43-86(81)103)84-39-10-9-35-77(84)73-57-58-83-82-38-13-16-44-87(82)104(92(83)62-73)89-46-18-20-50-98(89)110-100-79(41-24-48-91(100)104)71-31-21-33-75(60-71)101-105-93(68-28-5-2-6-29-68)63-95(107-101)74-56-53-66-27-7-8-30-70(66)59-74/h1-64,102,106H. The molecule has 0 radical (unpaired) electrons. The Labute approximate surface area is 638 Å². The molecule has 2 atom stereocenters. The van der Waals surface area contributed by atoms with E-state index in [1.54, 1.807) is 0 Å². The van der Waals surface area contributed by atoms with Gasteiger partial charge in [0.1, 0.15) is 29.2 Å². The van der Waals surface area contributed by atoms with Crippen LogP contribution in [0, 0.1) is 0 Å². The summed E-state index contributed by atoms with van der Waals surface area (Å²) in [6.45, 7) is 0. The van der Waals surface area contributed by atoms with Crippen molar-refractivity contribution in [2.45, 2.75) is 17.0 Å². The van der Waals surface area contributed by atoms with Crippen LogP contribution in [0.2, 0.25) is 0 Å². The summed E-state index contributed by atoms with van der Waals surface area (Å²) in [5.41, 5.74) is 30.8. The summed E-state index contributed by atoms with van der Waals surface area (Å²) in [6.07, 6.45) is 1.75. The number of aliphatic imine (C=N–C) groups is 1. The first kappa shape index (κ1) is 63.0. The van der Waals surface area contributed by atoms with Gasteiger partial charge in [0.2, 0.25) is 0 Å². The Kier molecular flexibility index (Phi) is 14.4. The fourth-order valence-electron chi connectivity index (χ4n) is 18.4. The number of hydrogen-bond acceptors (Lipinski definition) is 6. The molecule has 5 aliphatic rings. The second-order valence-corrected chi connectivity index (χ2v) is 29.2. The summed E-state index contributed by atoms with van der Waals surface area (Å²) in [6, 6.07) is 138. The second kappa shape index (κ2) is 25.2. The SMILES string of the molecule is C1=C(c2ccc(-c3ccccc3)cc2)NC(c2cccc(-c3cccc4c3Oc3ccccc3C43c4ccccc4-c4ccccc43)c2)N=C1c1ccccc1-c1ccc2c(c1)C1(c3ccccc3Oc3c(-c4cccc(-c5nc(-c6ccccc6)cc(-c6ccc7ccccc7c6)n5)c4)cccc31)c1ccccc1-2. The number of ether oxygens (including phenoxy) is 2. The molecule has 6 nitrogen and oxygen atoms in total. The molecule has 22 rings (SSSR count). The van der Waals surface area contributed by atoms with Gasteiger partial charge in [0.25, 0.3) is 0 Å². The highest BCUT2D eigenvalue weighted by Crippen LogP contribution is 2.66. The molecule has 1 N–H and O–H groups in total. The van der Waals surface area contributed by atoms with Crippen LogP contribution < -0.4 is 14.8 Å². The predicted molar refractivity (Wildman–Crippen MR) is 446 cm³/mol. The summed E-state index contributed by atoms with van der Waals surface area (Å²) in [5, 5.41) is 6.33. The van der Waals surface area contributed by atoms with Crippen molar-refractivity contribution >= 4 is 22.2 Å². The first-order chi connectivity index (χ1) is 54.5. The summed E-state index contributed by atoms with van der Waals surface area (Å²) in [7, 11) is 0. The van der Waals surface area contributed by atoms with E-state index in [0.29, 0.717) is 5.82 Å². The van der Waals surface area contributed by atoms with Gasteiger partial charge in [0, 0.05) is 61.3 Å². The van der Waals surface area contributed by atoms with Gasteiger partial charge in [-0.05, 0) is 148 Å². The molecule has 0 saturated heterocycles. The molecule has 110 heavy (non-hydrogen) atoms. The van der Waals surface area contributed by atoms with E-state index in [1.807, 2.05) is 6.07 Å². The minimum Gasteiger partial charge on any atom is -0.456 e. The van der Waals surface area contributed by atoms with Crippen molar-refractivity contribution < 1.29 is 9.47 Å². The molecule has 2 unspecified atom stereocenters. The van der Waals surface area contributed by atoms with Crippen LogP contribution in [0.15, 0.2) is 393 Å². The van der Waals surface area contributed by atoms with E-state index in [0.717, 1.165) is 146 Å². The van der Waals surface area contributed by atoms with Gasteiger partial charge < -0.3 is 14.8 Å². The zero-order valence-electron chi connectivity index (χ0n) is 59.7. The zero-order valence-corrected chi connectivity index (χ0v) is 59.7. The van der Waals surface area contributed by atoms with E-state index in [1.165, 1.54) is 55.5 Å². The summed E-state index contributed by atoms with van der Waals surface area (Å²) in [4.78, 5) is 16.5. The third-order valence-electron chi connectivity index (χ3n) is 23.3. The van der Waals surface area contributed by atoms with Gasteiger partial charge in [-0.15, -0.1) is 0 Å². The molecule has 2 aliphatic carbocycles. The van der Waals surface area contributed by atoms with E-state index in [2.05, 4.69) is 388 Å². The quantitative estimate of drug-likeness (QED) is 0.148. The number of nitrogens with zero attached hydrogens (tertiary/aromatic N) is 3. The molecular weight excluding hydrogens is 1340 g/mol. The molecule has 0 fully saturated rings. The third-order valence-corrected chi connectivity index (χ3v) is 23.3. The molecule has 2 spiro atoms. The lowest BCUT2D eigenvalue weighted by atomic mass is 9.65. The van der Waals surface area contributed by atoms with Crippen molar-refractivity contribution in [3.63, 3.8) is 0 Å². The van der Waals surface area contributed by atoms with Crippen LogP contribution in [0.3, 0.4) is 0 Å². The van der Waals surface area contributed by atoms with Crippen LogP contribution in [0.1, 0.15) is 67.4 Å². The Balaban J connectivity index is 0.676. The minimum absolute atomic E-state index is 0.490. The molecular formula is C104H66N4O2. The maximum absolute atomic E-state index is 7.40. The van der Waals surface area contributed by atoms with Gasteiger partial charge in [0.15, 0.2) is 5.82 Å². The van der Waals surface area contributed by atoms with Gasteiger partial charge in [-0.1, -0.05) is 340 Å². The van der Waals surface area contributed by atoms with Crippen molar-refractivity contribution in [2.75, 3.05) is 0 Å². The van der Waals surface area contributed by atoms with Crippen LogP contribution in [-0.4, -0.2) is 15.7 Å². The lowest BCUT2D eigenvalue weighted by molar-refractivity contribution is 0.438. The first-order valence-corrected chi connectivity index (χ1v) is 37.7. The number of aromatic nitrogens is 2. The molecule has 17 aromatic rings. The van der Waals surface area contributed by atoms with Gasteiger partial charge in [0.05, 0.1) is 27.9 Å². The number of benzene rings is 16. The highest BCUT2D eigenvalue weighted by Gasteiger charge is 2.53. The lowest BCUT2D eigenvalue weighted by Crippen LogP contribution is -2.32. The van der Waals surface area contributed by atoms with E-state index in [4.69, 9.17) is 24.4 Å². The highest BCUT2D eigenvalue weighted by atomic mass is 16.5. The first-order valence-electron chi connectivity index (χ1n) is 37.7. The van der Waals surface area contributed by atoms with E-state index in [-0.39, 0.29) is 0 Å². The molecule has 514 valence electrons. The van der Waals surface area contributed by atoms with E-state index in [9.17, 15) is 0 Å². The fraction of sp³-hybridized carbons (Fsp3) is 0.0288. The van der Waals surface area contributed by atoms with E-state index < -0.39 is 17.0 Å². The van der Waals surface area contributed by atoms with Crippen LogP contribution in [0.25, 0.3) is 117 Å². The lowest BCUT2D eigenvalue weighted by Gasteiger charge is -2.40. The molecule has 0 saturated carbocycles. The molecule has 6 heteroatoms. The fourth-order valence-corrected chi connectivity index (χ4v) is 18.4. The third kappa shape index (κ3) is 9.79. The highest BCUT2D eigenvalue weighted by molar-refractivity contribution is 6.16. The molecule has 4 heterocycles. The predicted octanol–water partition coefficient (Wildman–Crippen LogP) is 25.4. The summed E-state index contributed by atoms with van der Waals surface area (Å²) < 4.78 is 14.6. The van der Waals surface area contributed by atoms with Crippen molar-refractivity contribution in [1.29, 1.82) is 0 Å². The van der Waals surface area contributed by atoms with Crippen LogP contribution >= 0.6 is 0 Å². The van der Waals surface area contributed by atoms with Crippen molar-refractivity contribution in [3.8, 4) is 124 Å². The maximum Gasteiger partial charge on any atom is 0.160 e. The van der Waals surface area contributed by atoms with Crippen LogP contribution in [-0.2, 0) is 10.8 Å². The molecule has 0 amide bonds. The minimum atomic E-state index is -0.795. The summed E-state index contributed by atoms with van der Waals surface area (Å²) in [5.74, 6) is 3.96. The average molecular weight is 1400 g/mol. The van der Waals surface area contributed by atoms with Crippen LogP contribution in [0.4, 0.5) is 0 Å². The zero-order chi connectivity index (χ0) is 72.4. The second-order valence-electron chi connectivity index (χ2n) is 29.2. The molecule has 1 aromatic heterocycles. The number of rotatable bonds is 10. The maximum atomic E-state index is 7.40. The van der Waals surface area contributed by atoms with Gasteiger partial charge in [-0.25, -0.2) is 9.97 Å². The van der Waals surface area contributed by atoms with Gasteiger partial charge in [-0.2, -0.15) is 0 Å². The topological polar surface area (TPSA) is 68.6 Å². The Morgan fingerprint density at radius 2 is 0.682 bits per heavy atom. The molecule has 16 aromatic carbocycles. The molecule has 3 aliphatic heterocycles. The Morgan fingerprint density at radius 3 is 1.33 bits per heavy atom. The van der Waals surface area contributed by atoms with Crippen LogP contribution in [0.5, 0.6) is 23.0 Å². The van der Waals surface area contributed by atoms with Gasteiger partial charge >= 0.3 is 0 Å². The monoisotopic (exact) mass is 1400 g/mol. The average Bonchev–Trinajstić information content (AvgIpc) is 1.50. The van der Waals surface area contributed by atoms with Crippen molar-refractivity contribution in [3.05, 3.63) is 449 Å². The number of nitrogens with one attached hydrogen (secondary N) is 1. The Bertz CT molecular complexity index is 6670. The van der Waals surface area contributed by atoms with Gasteiger partial charge in [-0.3, -0.25) is 4.99 Å². The Hall–Kier alpha value is -14.3. The normalized spacial score (nSPS) is 15.4. The van der Waals surface area contributed by atoms with Crippen molar-refractivity contribution in [1.82, 2.24) is 15.3 Å². The summed E-state index contributed by atoms with van der Waals surface area (Å²) >= 11 is 0. The van der Waals surface area contributed by atoms with E-state index >= 15 is 0 Å².